The molecule has 1 heterocycles. The highest BCUT2D eigenvalue weighted by Crippen LogP contribution is 2.18. The molecule has 0 amide bonds. The molecule has 1 aliphatic rings. The van der Waals surface area contributed by atoms with Gasteiger partial charge in [0.2, 0.25) is 0 Å². The van der Waals surface area contributed by atoms with Crippen LogP contribution in [0.2, 0.25) is 0 Å². The second-order valence-corrected chi connectivity index (χ2v) is 6.78. The van der Waals surface area contributed by atoms with Crippen molar-refractivity contribution >= 4 is 5.96 Å². The molecular weight excluding hydrogens is 284 g/mol. The number of nitrogens with two attached hydrogens (primary N) is 1. The van der Waals surface area contributed by atoms with Crippen molar-refractivity contribution < 1.29 is 0 Å². The van der Waals surface area contributed by atoms with Crippen LogP contribution in [0.4, 0.5) is 0 Å². The van der Waals surface area contributed by atoms with Gasteiger partial charge in [0.25, 0.3) is 0 Å². The quantitative estimate of drug-likeness (QED) is 0.462. The fourth-order valence-electron chi connectivity index (χ4n) is 3.06. The molecule has 0 saturated carbocycles. The van der Waals surface area contributed by atoms with Crippen molar-refractivity contribution in [3.63, 3.8) is 0 Å². The van der Waals surface area contributed by atoms with Crippen LogP contribution >= 0.6 is 0 Å². The van der Waals surface area contributed by atoms with Crippen molar-refractivity contribution in [3.8, 4) is 0 Å². The largest absolute Gasteiger partial charge is 0.370 e. The molecule has 2 rings (SSSR count). The summed E-state index contributed by atoms with van der Waals surface area (Å²) in [6.07, 6.45) is 5.00. The minimum Gasteiger partial charge on any atom is -0.370 e. The molecule has 1 fully saturated rings. The molecule has 128 valence electrons. The van der Waals surface area contributed by atoms with Crippen molar-refractivity contribution in [2.45, 2.75) is 52.6 Å². The van der Waals surface area contributed by atoms with Crippen LogP contribution in [0.1, 0.15) is 50.7 Å². The lowest BCUT2D eigenvalue weighted by Crippen LogP contribution is -2.33. The molecule has 0 radical (unpaired) electrons. The van der Waals surface area contributed by atoms with E-state index in [1.807, 2.05) is 0 Å². The lowest BCUT2D eigenvalue weighted by molar-refractivity contribution is 0.176. The maximum atomic E-state index is 5.86. The molecule has 4 heteroatoms. The molecule has 1 aromatic rings. The monoisotopic (exact) mass is 316 g/mol. The molecule has 1 aliphatic heterocycles. The van der Waals surface area contributed by atoms with Gasteiger partial charge in [-0.25, -0.2) is 4.99 Å². The van der Waals surface area contributed by atoms with Crippen molar-refractivity contribution in [2.24, 2.45) is 16.6 Å². The molecule has 1 aromatic carbocycles. The summed E-state index contributed by atoms with van der Waals surface area (Å²) in [6, 6.07) is 8.80. The molecule has 0 bridgehead atoms. The Labute approximate surface area is 141 Å². The van der Waals surface area contributed by atoms with Crippen molar-refractivity contribution in [1.29, 1.82) is 0 Å². The van der Waals surface area contributed by atoms with E-state index in [0.29, 0.717) is 12.5 Å². The van der Waals surface area contributed by atoms with Gasteiger partial charge in [-0.2, -0.15) is 0 Å². The molecule has 1 unspecified atom stereocenters. The van der Waals surface area contributed by atoms with Crippen molar-refractivity contribution in [3.05, 3.63) is 35.4 Å². The standard InChI is InChI=1S/C19H32N4/c1-3-4-11-21-19(20)22-13-17-7-9-18(10-8-17)15-23-12-5-6-16(2)14-23/h7-10,16H,3-6,11-15H2,1-2H3,(H3,20,21,22). The Morgan fingerprint density at radius 1 is 1.30 bits per heavy atom. The van der Waals surface area contributed by atoms with Gasteiger partial charge in [-0.05, 0) is 42.9 Å². The van der Waals surface area contributed by atoms with Crippen LogP contribution in [-0.2, 0) is 13.1 Å². The third kappa shape index (κ3) is 6.61. The van der Waals surface area contributed by atoms with E-state index < -0.39 is 0 Å². The Bertz CT molecular complexity index is 481. The second kappa shape index (κ2) is 9.56. The maximum Gasteiger partial charge on any atom is 0.188 e. The number of nitrogens with zero attached hydrogens (tertiary/aromatic N) is 2. The number of aliphatic imine (C=N–C) groups is 1. The molecule has 23 heavy (non-hydrogen) atoms. The number of hydrogen-bond acceptors (Lipinski definition) is 2. The van der Waals surface area contributed by atoms with Crippen LogP contribution in [0.5, 0.6) is 0 Å². The first kappa shape index (κ1) is 17.8. The summed E-state index contributed by atoms with van der Waals surface area (Å²) >= 11 is 0. The summed E-state index contributed by atoms with van der Waals surface area (Å²) in [5.41, 5.74) is 8.46. The first-order chi connectivity index (χ1) is 11.2. The average Bonchev–Trinajstić information content (AvgIpc) is 2.54. The molecule has 3 N–H and O–H groups in total. The first-order valence-electron chi connectivity index (χ1n) is 9.01. The number of nitrogens with one attached hydrogen (secondary N) is 1. The molecule has 0 spiro atoms. The normalized spacial score (nSPS) is 19.7. The van der Waals surface area contributed by atoms with Gasteiger partial charge in [-0.1, -0.05) is 44.5 Å². The van der Waals surface area contributed by atoms with Gasteiger partial charge in [0, 0.05) is 19.6 Å². The summed E-state index contributed by atoms with van der Waals surface area (Å²) < 4.78 is 0. The predicted octanol–water partition coefficient (Wildman–Crippen LogP) is 3.12. The van der Waals surface area contributed by atoms with Crippen molar-refractivity contribution in [2.75, 3.05) is 19.6 Å². The Morgan fingerprint density at radius 3 is 2.74 bits per heavy atom. The van der Waals surface area contributed by atoms with E-state index in [-0.39, 0.29) is 0 Å². The van der Waals surface area contributed by atoms with Gasteiger partial charge < -0.3 is 11.1 Å². The third-order valence-corrected chi connectivity index (χ3v) is 4.44. The zero-order valence-electron chi connectivity index (χ0n) is 14.7. The van der Waals surface area contributed by atoms with Gasteiger partial charge >= 0.3 is 0 Å². The number of likely N-dealkylation sites (tertiary alicyclic amines) is 1. The number of unbranched alkanes of at least 4 members (excludes halogenated alkanes) is 1. The Kier molecular flexibility index (Phi) is 7.40. The summed E-state index contributed by atoms with van der Waals surface area (Å²) in [7, 11) is 0. The smallest absolute Gasteiger partial charge is 0.188 e. The fourth-order valence-corrected chi connectivity index (χ4v) is 3.06. The number of benzene rings is 1. The lowest BCUT2D eigenvalue weighted by atomic mass is 9.99. The summed E-state index contributed by atoms with van der Waals surface area (Å²) in [5, 5.41) is 3.14. The molecular formula is C19H32N4. The highest BCUT2D eigenvalue weighted by molar-refractivity contribution is 5.77. The average molecular weight is 316 g/mol. The zero-order valence-corrected chi connectivity index (χ0v) is 14.7. The van der Waals surface area contributed by atoms with Crippen molar-refractivity contribution in [1.82, 2.24) is 10.2 Å². The summed E-state index contributed by atoms with van der Waals surface area (Å²) in [5.74, 6) is 1.38. The lowest BCUT2D eigenvalue weighted by Gasteiger charge is -2.30. The SMILES string of the molecule is CCCCNC(N)=NCc1ccc(CN2CCCC(C)C2)cc1. The van der Waals surface area contributed by atoms with Gasteiger partial charge in [-0.3, -0.25) is 4.90 Å². The minimum absolute atomic E-state index is 0.546. The first-order valence-corrected chi connectivity index (χ1v) is 9.01. The number of piperidine rings is 1. The van der Waals surface area contributed by atoms with E-state index in [4.69, 9.17) is 5.73 Å². The summed E-state index contributed by atoms with van der Waals surface area (Å²) in [4.78, 5) is 6.96. The minimum atomic E-state index is 0.546. The zero-order chi connectivity index (χ0) is 16.5. The van der Waals surface area contributed by atoms with E-state index in [1.54, 1.807) is 0 Å². The van der Waals surface area contributed by atoms with Gasteiger partial charge in [0.1, 0.15) is 0 Å². The Balaban J connectivity index is 1.78. The van der Waals surface area contributed by atoms with E-state index in [1.165, 1.54) is 37.1 Å². The Hall–Kier alpha value is -1.55. The highest BCUT2D eigenvalue weighted by Gasteiger charge is 2.15. The molecule has 1 atom stereocenters. The third-order valence-electron chi connectivity index (χ3n) is 4.44. The van der Waals surface area contributed by atoms with Crippen LogP contribution in [0.25, 0.3) is 0 Å². The maximum absolute atomic E-state index is 5.86. The second-order valence-electron chi connectivity index (χ2n) is 6.78. The van der Waals surface area contributed by atoms with E-state index in [2.05, 4.69) is 53.3 Å². The van der Waals surface area contributed by atoms with E-state index in [0.717, 1.165) is 31.8 Å². The highest BCUT2D eigenvalue weighted by atomic mass is 15.1. The molecule has 4 nitrogen and oxygen atoms in total. The summed E-state index contributed by atoms with van der Waals surface area (Å²) in [6.45, 7) is 9.59. The van der Waals surface area contributed by atoms with Crippen LogP contribution in [0.15, 0.2) is 29.3 Å². The van der Waals surface area contributed by atoms with Gasteiger partial charge in [0.15, 0.2) is 5.96 Å². The number of rotatable bonds is 7. The molecule has 0 aliphatic carbocycles. The Morgan fingerprint density at radius 2 is 2.04 bits per heavy atom. The van der Waals surface area contributed by atoms with Crippen LogP contribution in [0.3, 0.4) is 0 Å². The van der Waals surface area contributed by atoms with E-state index in [9.17, 15) is 0 Å². The fraction of sp³-hybridized carbons (Fsp3) is 0.632. The number of guanidine groups is 1. The van der Waals surface area contributed by atoms with Crippen LogP contribution < -0.4 is 11.1 Å². The van der Waals surface area contributed by atoms with Crippen LogP contribution in [0, 0.1) is 5.92 Å². The molecule has 0 aromatic heterocycles. The number of hydrogen-bond donors (Lipinski definition) is 2. The topological polar surface area (TPSA) is 53.6 Å². The predicted molar refractivity (Wildman–Crippen MR) is 98.4 cm³/mol. The van der Waals surface area contributed by atoms with Gasteiger partial charge in [0.05, 0.1) is 6.54 Å². The molecule has 1 saturated heterocycles. The van der Waals surface area contributed by atoms with Crippen LogP contribution in [-0.4, -0.2) is 30.5 Å². The van der Waals surface area contributed by atoms with E-state index >= 15 is 0 Å². The van der Waals surface area contributed by atoms with Gasteiger partial charge in [-0.15, -0.1) is 0 Å².